The van der Waals surface area contributed by atoms with Crippen molar-refractivity contribution in [2.45, 2.75) is 38.7 Å². The minimum atomic E-state index is -5.08. The van der Waals surface area contributed by atoms with Crippen LogP contribution in [0.1, 0.15) is 32.4 Å². The molecule has 0 radical (unpaired) electrons. The van der Waals surface area contributed by atoms with Crippen molar-refractivity contribution in [3.63, 3.8) is 0 Å². The number of aromatic nitrogens is 2. The number of fused-ring (bicyclic) bond motifs is 1. The van der Waals surface area contributed by atoms with Crippen LogP contribution < -0.4 is 21.5 Å². The smallest absolute Gasteiger partial charge is 0.475 e. The van der Waals surface area contributed by atoms with Crippen LogP contribution in [0.3, 0.4) is 0 Å². The van der Waals surface area contributed by atoms with Gasteiger partial charge in [0.1, 0.15) is 11.5 Å². The molecule has 0 saturated heterocycles. The number of aliphatic imine (C=N–C) groups is 1. The summed E-state index contributed by atoms with van der Waals surface area (Å²) >= 11 is 0. The topological polar surface area (TPSA) is 152 Å². The number of aromatic amines is 1. The molecule has 0 spiro atoms. The van der Waals surface area contributed by atoms with E-state index < -0.39 is 17.9 Å². The Balaban J connectivity index is 0.000000381. The monoisotopic (exact) mass is 366 g/mol. The number of ether oxygens (including phenoxy) is 1. The van der Waals surface area contributed by atoms with Gasteiger partial charge in [0.2, 0.25) is 0 Å². The molecule has 1 aromatic rings. The number of imidazole rings is 1. The molecule has 0 bridgehead atoms. The first-order valence-corrected chi connectivity index (χ1v) is 7.31. The van der Waals surface area contributed by atoms with Crippen molar-refractivity contribution in [3.8, 4) is 6.01 Å². The highest BCUT2D eigenvalue weighted by Gasteiger charge is 2.38. The van der Waals surface area contributed by atoms with Crippen LogP contribution in [-0.2, 0) is 4.79 Å². The fourth-order valence-corrected chi connectivity index (χ4v) is 2.08. The lowest BCUT2D eigenvalue weighted by molar-refractivity contribution is -0.192. The molecule has 0 aliphatic carbocycles. The van der Waals surface area contributed by atoms with Crippen LogP contribution in [0.4, 0.5) is 19.0 Å². The Morgan fingerprint density at radius 2 is 2.04 bits per heavy atom. The zero-order chi connectivity index (χ0) is 19.4. The van der Waals surface area contributed by atoms with E-state index in [2.05, 4.69) is 27.2 Å². The number of hydrogen-bond acceptors (Lipinski definition) is 7. The number of H-pyrrole nitrogens is 1. The number of nitrogens with zero attached hydrogens (tertiary/aromatic N) is 2. The van der Waals surface area contributed by atoms with E-state index in [9.17, 15) is 13.2 Å². The van der Waals surface area contributed by atoms with Gasteiger partial charge in [-0.2, -0.15) is 18.2 Å². The maximum Gasteiger partial charge on any atom is 0.490 e. The van der Waals surface area contributed by atoms with Gasteiger partial charge in [0.15, 0.2) is 11.6 Å². The molecule has 1 aliphatic rings. The van der Waals surface area contributed by atoms with E-state index in [-0.39, 0.29) is 5.92 Å². The van der Waals surface area contributed by atoms with Crippen molar-refractivity contribution >= 4 is 17.6 Å². The molecule has 2 rings (SSSR count). The van der Waals surface area contributed by atoms with Crippen LogP contribution in [0.25, 0.3) is 0 Å². The van der Waals surface area contributed by atoms with E-state index in [4.69, 9.17) is 26.1 Å². The largest absolute Gasteiger partial charge is 0.490 e. The molecule has 0 saturated carbocycles. The number of alkyl halides is 3. The number of methoxy groups -OCH3 is 1. The van der Waals surface area contributed by atoms with Gasteiger partial charge in [0.05, 0.1) is 7.11 Å². The van der Waals surface area contributed by atoms with Gasteiger partial charge in [-0.25, -0.2) is 9.79 Å². The van der Waals surface area contributed by atoms with Crippen molar-refractivity contribution in [3.05, 3.63) is 5.69 Å². The van der Waals surface area contributed by atoms with Gasteiger partial charge in [-0.3, -0.25) is 5.73 Å². The van der Waals surface area contributed by atoms with Crippen molar-refractivity contribution in [1.29, 1.82) is 0 Å². The van der Waals surface area contributed by atoms with Gasteiger partial charge in [-0.1, -0.05) is 20.3 Å². The highest BCUT2D eigenvalue weighted by atomic mass is 19.4. The van der Waals surface area contributed by atoms with Gasteiger partial charge >= 0.3 is 12.1 Å². The van der Waals surface area contributed by atoms with Crippen LogP contribution >= 0.6 is 0 Å². The third-order valence-electron chi connectivity index (χ3n) is 3.47. The second-order valence-corrected chi connectivity index (χ2v) is 5.41. The number of hydrogen-bond donors (Lipinski definition) is 5. The molecule has 7 N–H and O–H groups in total. The lowest BCUT2D eigenvalue weighted by atomic mass is 9.97. The molecule has 1 aliphatic heterocycles. The molecule has 142 valence electrons. The second-order valence-electron chi connectivity index (χ2n) is 5.41. The Labute approximate surface area is 141 Å². The number of carboxylic acid groups (broad SMARTS) is 1. The van der Waals surface area contributed by atoms with Gasteiger partial charge in [0, 0.05) is 5.92 Å². The van der Waals surface area contributed by atoms with Crippen molar-refractivity contribution < 1.29 is 27.8 Å². The van der Waals surface area contributed by atoms with E-state index in [1.54, 1.807) is 0 Å². The third kappa shape index (κ3) is 4.98. The van der Waals surface area contributed by atoms with E-state index >= 15 is 0 Å². The summed E-state index contributed by atoms with van der Waals surface area (Å²) in [6.45, 7) is 4.15. The summed E-state index contributed by atoms with van der Waals surface area (Å²) in [6.07, 6.45) is -3.09. The summed E-state index contributed by atoms with van der Waals surface area (Å²) < 4.78 is 36.8. The van der Waals surface area contributed by atoms with Crippen LogP contribution in [0.15, 0.2) is 4.99 Å². The summed E-state index contributed by atoms with van der Waals surface area (Å²) in [6, 6.07) is 0.387. The lowest BCUT2D eigenvalue weighted by Crippen LogP contribution is -2.55. The molecule has 1 unspecified atom stereocenters. The molecule has 0 amide bonds. The molecule has 0 aromatic carbocycles. The first kappa shape index (κ1) is 20.5. The van der Waals surface area contributed by atoms with Crippen LogP contribution in [0.5, 0.6) is 6.01 Å². The third-order valence-corrected chi connectivity index (χ3v) is 3.47. The van der Waals surface area contributed by atoms with Crippen molar-refractivity contribution in [2.75, 3.05) is 12.4 Å². The summed E-state index contributed by atoms with van der Waals surface area (Å²) in [5, 5.41) is 10.3. The van der Waals surface area contributed by atoms with Gasteiger partial charge in [0.25, 0.3) is 6.01 Å². The number of amidine groups is 1. The average molecular weight is 366 g/mol. The SMILES string of the molecule is CCC[C@H](C)C1(N)N=C(N)c2[nH]c(OC)nc2N1.O=C(O)C(F)(F)F. The van der Waals surface area contributed by atoms with E-state index in [1.807, 2.05) is 6.92 Å². The number of anilines is 1. The molecular weight excluding hydrogens is 345 g/mol. The zero-order valence-electron chi connectivity index (χ0n) is 13.9. The Morgan fingerprint density at radius 1 is 1.48 bits per heavy atom. The minimum Gasteiger partial charge on any atom is -0.475 e. The predicted molar refractivity (Wildman–Crippen MR) is 84.2 cm³/mol. The van der Waals surface area contributed by atoms with Crippen molar-refractivity contribution in [1.82, 2.24) is 9.97 Å². The number of nitrogens with two attached hydrogens (primary N) is 2. The fourth-order valence-electron chi connectivity index (χ4n) is 2.08. The standard InChI is InChI=1S/C11H20N6O.C2HF3O2/c1-4-5-6(2)11(13)16-8(12)7-9(17-11)15-10(14-7)18-3;3-2(4,5)1(6)7/h6,17H,4-5,13H2,1-3H3,(H2,12,16)(H,14,15);(H,6,7)/t6-,11?;/m0./s1. The highest BCUT2D eigenvalue weighted by Crippen LogP contribution is 2.30. The highest BCUT2D eigenvalue weighted by molar-refractivity contribution is 6.02. The number of aliphatic carboxylic acids is 1. The summed E-state index contributed by atoms with van der Waals surface area (Å²) in [5.74, 6) is -2.58. The maximum atomic E-state index is 10.6. The molecule has 1 aromatic heterocycles. The molecule has 9 nitrogen and oxygen atoms in total. The molecular formula is C13H21F3N6O3. The lowest BCUT2D eigenvalue weighted by Gasteiger charge is -2.35. The first-order chi connectivity index (χ1) is 11.4. The Morgan fingerprint density at radius 3 is 2.48 bits per heavy atom. The molecule has 2 atom stereocenters. The Kier molecular flexibility index (Phi) is 6.24. The van der Waals surface area contributed by atoms with Crippen LogP contribution in [0.2, 0.25) is 0 Å². The van der Waals surface area contributed by atoms with E-state index in [0.717, 1.165) is 12.8 Å². The van der Waals surface area contributed by atoms with Gasteiger partial charge in [-0.15, -0.1) is 0 Å². The molecule has 2 heterocycles. The normalized spacial score (nSPS) is 20.4. The van der Waals surface area contributed by atoms with Crippen LogP contribution in [0, 0.1) is 5.92 Å². The maximum absolute atomic E-state index is 10.6. The van der Waals surface area contributed by atoms with E-state index in [1.165, 1.54) is 7.11 Å². The number of nitrogens with one attached hydrogen (secondary N) is 2. The summed E-state index contributed by atoms with van der Waals surface area (Å²) in [4.78, 5) is 20.4. The van der Waals surface area contributed by atoms with Gasteiger partial charge < -0.3 is 25.9 Å². The van der Waals surface area contributed by atoms with Gasteiger partial charge in [-0.05, 0) is 6.42 Å². The fraction of sp³-hybridized carbons (Fsp3) is 0.615. The minimum absolute atomic E-state index is 0.150. The first-order valence-electron chi connectivity index (χ1n) is 7.31. The zero-order valence-corrected chi connectivity index (χ0v) is 13.9. The second kappa shape index (κ2) is 7.59. The predicted octanol–water partition coefficient (Wildman–Crippen LogP) is 1.23. The summed E-state index contributed by atoms with van der Waals surface area (Å²) in [7, 11) is 1.53. The quantitative estimate of drug-likeness (QED) is 0.537. The molecule has 25 heavy (non-hydrogen) atoms. The number of carboxylic acids is 1. The van der Waals surface area contributed by atoms with E-state index in [0.29, 0.717) is 23.4 Å². The molecule has 0 fully saturated rings. The van der Waals surface area contributed by atoms with Crippen molar-refractivity contribution in [2.24, 2.45) is 22.4 Å². The number of rotatable bonds is 4. The average Bonchev–Trinajstić information content (AvgIpc) is 2.90. The Bertz CT molecular complexity index is 645. The number of halogens is 3. The number of carbonyl (C=O) groups is 1. The summed E-state index contributed by atoms with van der Waals surface area (Å²) in [5.41, 5.74) is 12.8. The molecule has 12 heteroatoms. The van der Waals surface area contributed by atoms with Crippen LogP contribution in [-0.4, -0.2) is 46.0 Å². The Hall–Kier alpha value is -2.50.